The van der Waals surface area contributed by atoms with Crippen molar-refractivity contribution in [3.8, 4) is 17.5 Å². The molecule has 104 valence electrons. The van der Waals surface area contributed by atoms with Gasteiger partial charge in [0.1, 0.15) is 11.8 Å². The van der Waals surface area contributed by atoms with E-state index in [1.54, 1.807) is 23.1 Å². The highest BCUT2D eigenvalue weighted by Crippen LogP contribution is 2.21. The van der Waals surface area contributed by atoms with Crippen LogP contribution in [0.5, 0.6) is 5.75 Å². The molecule has 0 spiro atoms. The fraction of sp³-hybridized carbons (Fsp3) is 0.133. The summed E-state index contributed by atoms with van der Waals surface area (Å²) in [6.07, 6.45) is 0.630. The van der Waals surface area contributed by atoms with Gasteiger partial charge in [-0.2, -0.15) is 5.26 Å². The lowest BCUT2D eigenvalue weighted by molar-refractivity contribution is 0.414. The van der Waals surface area contributed by atoms with Crippen molar-refractivity contribution in [2.75, 3.05) is 7.11 Å². The predicted molar refractivity (Wildman–Crippen MR) is 79.8 cm³/mol. The Labute approximate surface area is 126 Å². The molecule has 21 heavy (non-hydrogen) atoms. The van der Waals surface area contributed by atoms with Gasteiger partial charge < -0.3 is 4.74 Å². The summed E-state index contributed by atoms with van der Waals surface area (Å²) in [4.78, 5) is 1.16. The second-order valence-corrected chi connectivity index (χ2v) is 5.40. The van der Waals surface area contributed by atoms with Crippen LogP contribution in [0.15, 0.2) is 41.8 Å². The summed E-state index contributed by atoms with van der Waals surface area (Å²) in [5.74, 6) is 0.739. The van der Waals surface area contributed by atoms with Gasteiger partial charge in [0.05, 0.1) is 18.5 Å². The molecule has 0 unspecified atom stereocenters. The Morgan fingerprint density at radius 2 is 2.24 bits per heavy atom. The molecule has 0 amide bonds. The quantitative estimate of drug-likeness (QED) is 0.742. The standard InChI is InChI=1S/C15H12N4OS/c1-20-12-5-2-4-11(8-12)19-15(14(10-16)17-18-19)9-13-6-3-7-21-13/h2-8H,9H2,1H3. The third kappa shape index (κ3) is 2.64. The smallest absolute Gasteiger partial charge is 0.186 e. The summed E-state index contributed by atoms with van der Waals surface area (Å²) in [5, 5.41) is 19.3. The van der Waals surface area contributed by atoms with Crippen molar-refractivity contribution in [1.82, 2.24) is 15.0 Å². The fourth-order valence-corrected chi connectivity index (χ4v) is 2.78. The van der Waals surface area contributed by atoms with Crippen molar-refractivity contribution in [3.05, 3.63) is 58.0 Å². The lowest BCUT2D eigenvalue weighted by Gasteiger charge is -2.07. The van der Waals surface area contributed by atoms with Crippen LogP contribution < -0.4 is 4.74 Å². The van der Waals surface area contributed by atoms with Gasteiger partial charge in [0, 0.05) is 17.4 Å². The zero-order valence-electron chi connectivity index (χ0n) is 11.4. The molecule has 2 heterocycles. The first-order valence-corrected chi connectivity index (χ1v) is 7.21. The highest BCUT2D eigenvalue weighted by atomic mass is 32.1. The molecule has 5 nitrogen and oxygen atoms in total. The molecule has 0 saturated carbocycles. The zero-order valence-corrected chi connectivity index (χ0v) is 12.2. The molecule has 0 aliphatic heterocycles. The zero-order chi connectivity index (χ0) is 14.7. The number of rotatable bonds is 4. The van der Waals surface area contributed by atoms with Crippen LogP contribution in [-0.4, -0.2) is 22.1 Å². The van der Waals surface area contributed by atoms with E-state index in [9.17, 15) is 5.26 Å². The Balaban J connectivity index is 2.06. The molecule has 3 rings (SSSR count). The third-order valence-electron chi connectivity index (χ3n) is 3.09. The largest absolute Gasteiger partial charge is 0.497 e. The maximum Gasteiger partial charge on any atom is 0.186 e. The van der Waals surface area contributed by atoms with E-state index in [0.29, 0.717) is 12.1 Å². The summed E-state index contributed by atoms with van der Waals surface area (Å²) in [7, 11) is 1.62. The van der Waals surface area contributed by atoms with Crippen LogP contribution in [0.4, 0.5) is 0 Å². The number of nitrogens with zero attached hydrogens (tertiary/aromatic N) is 4. The molecule has 6 heteroatoms. The minimum Gasteiger partial charge on any atom is -0.497 e. The van der Waals surface area contributed by atoms with Crippen LogP contribution in [0.1, 0.15) is 16.3 Å². The maximum atomic E-state index is 9.22. The molecule has 0 radical (unpaired) electrons. The van der Waals surface area contributed by atoms with Gasteiger partial charge in [-0.3, -0.25) is 0 Å². The summed E-state index contributed by atoms with van der Waals surface area (Å²) < 4.78 is 6.93. The molecule has 1 aromatic carbocycles. The second-order valence-electron chi connectivity index (χ2n) is 4.37. The predicted octanol–water partition coefficient (Wildman–Crippen LogP) is 2.80. The van der Waals surface area contributed by atoms with Gasteiger partial charge in [0.15, 0.2) is 5.69 Å². The van der Waals surface area contributed by atoms with Gasteiger partial charge in [0.2, 0.25) is 0 Å². The number of ether oxygens (including phenoxy) is 1. The lowest BCUT2D eigenvalue weighted by atomic mass is 10.2. The molecule has 2 aromatic heterocycles. The van der Waals surface area contributed by atoms with Gasteiger partial charge in [-0.05, 0) is 23.6 Å². The molecule has 0 fully saturated rings. The van der Waals surface area contributed by atoms with E-state index in [0.717, 1.165) is 22.0 Å². The minimum absolute atomic E-state index is 0.353. The number of aromatic nitrogens is 3. The molecular weight excluding hydrogens is 284 g/mol. The summed E-state index contributed by atoms with van der Waals surface area (Å²) in [5.41, 5.74) is 1.97. The Hall–Kier alpha value is -2.65. The number of hydrogen-bond donors (Lipinski definition) is 0. The van der Waals surface area contributed by atoms with Crippen LogP contribution in [-0.2, 0) is 6.42 Å². The van der Waals surface area contributed by atoms with Gasteiger partial charge in [-0.1, -0.05) is 17.3 Å². The van der Waals surface area contributed by atoms with Crippen LogP contribution in [0.25, 0.3) is 5.69 Å². The van der Waals surface area contributed by atoms with Crippen molar-refractivity contribution in [3.63, 3.8) is 0 Å². The van der Waals surface area contributed by atoms with Crippen molar-refractivity contribution in [1.29, 1.82) is 5.26 Å². The Morgan fingerprint density at radius 1 is 1.33 bits per heavy atom. The fourth-order valence-electron chi connectivity index (χ4n) is 2.07. The van der Waals surface area contributed by atoms with Crippen LogP contribution in [0, 0.1) is 11.3 Å². The van der Waals surface area contributed by atoms with E-state index >= 15 is 0 Å². The van der Waals surface area contributed by atoms with E-state index in [-0.39, 0.29) is 0 Å². The molecule has 3 aromatic rings. The van der Waals surface area contributed by atoms with E-state index in [2.05, 4.69) is 16.4 Å². The monoisotopic (exact) mass is 296 g/mol. The highest BCUT2D eigenvalue weighted by molar-refractivity contribution is 7.09. The lowest BCUT2D eigenvalue weighted by Crippen LogP contribution is -2.03. The molecule has 0 bridgehead atoms. The number of benzene rings is 1. The van der Waals surface area contributed by atoms with Crippen LogP contribution in [0.2, 0.25) is 0 Å². The van der Waals surface area contributed by atoms with E-state index in [1.807, 2.05) is 41.8 Å². The third-order valence-corrected chi connectivity index (χ3v) is 3.97. The van der Waals surface area contributed by atoms with E-state index < -0.39 is 0 Å². The van der Waals surface area contributed by atoms with Crippen molar-refractivity contribution < 1.29 is 4.74 Å². The molecular formula is C15H12N4OS. The number of methoxy groups -OCH3 is 1. The van der Waals surface area contributed by atoms with E-state index in [1.165, 1.54) is 0 Å². The summed E-state index contributed by atoms with van der Waals surface area (Å²) in [6, 6.07) is 13.7. The summed E-state index contributed by atoms with van der Waals surface area (Å²) >= 11 is 1.65. The van der Waals surface area contributed by atoms with Crippen LogP contribution in [0.3, 0.4) is 0 Å². The topological polar surface area (TPSA) is 63.7 Å². The first-order chi connectivity index (χ1) is 10.3. The molecule has 0 saturated heterocycles. The second kappa shape index (κ2) is 5.77. The highest BCUT2D eigenvalue weighted by Gasteiger charge is 2.15. The van der Waals surface area contributed by atoms with Crippen LogP contribution >= 0.6 is 11.3 Å². The van der Waals surface area contributed by atoms with Gasteiger partial charge in [0.25, 0.3) is 0 Å². The molecule has 0 aliphatic rings. The number of thiophene rings is 1. The molecule has 0 atom stereocenters. The van der Waals surface area contributed by atoms with E-state index in [4.69, 9.17) is 4.74 Å². The van der Waals surface area contributed by atoms with Crippen molar-refractivity contribution in [2.45, 2.75) is 6.42 Å². The van der Waals surface area contributed by atoms with Gasteiger partial charge in [-0.15, -0.1) is 16.4 Å². The SMILES string of the molecule is COc1cccc(-n2nnc(C#N)c2Cc2cccs2)c1. The minimum atomic E-state index is 0.353. The molecule has 0 N–H and O–H groups in total. The van der Waals surface area contributed by atoms with Crippen molar-refractivity contribution >= 4 is 11.3 Å². The van der Waals surface area contributed by atoms with Gasteiger partial charge in [-0.25, -0.2) is 4.68 Å². The van der Waals surface area contributed by atoms with Crippen molar-refractivity contribution in [2.24, 2.45) is 0 Å². The maximum absolute atomic E-state index is 9.22. The summed E-state index contributed by atoms with van der Waals surface area (Å²) in [6.45, 7) is 0. The van der Waals surface area contributed by atoms with Gasteiger partial charge >= 0.3 is 0 Å². The number of nitriles is 1. The Kier molecular flexibility index (Phi) is 3.67. The Bertz CT molecular complexity index is 786. The average molecular weight is 296 g/mol. The number of hydrogen-bond acceptors (Lipinski definition) is 5. The normalized spacial score (nSPS) is 10.3. The molecule has 0 aliphatic carbocycles. The average Bonchev–Trinajstić information content (AvgIpc) is 3.17. The Morgan fingerprint density at radius 3 is 2.95 bits per heavy atom. The first-order valence-electron chi connectivity index (χ1n) is 6.33. The first kappa shape index (κ1) is 13.3.